The molecule has 0 N–H and O–H groups in total. The van der Waals surface area contributed by atoms with Gasteiger partial charge in [0.25, 0.3) is 0 Å². The predicted octanol–water partition coefficient (Wildman–Crippen LogP) is 12.0. The molecule has 270 valence electrons. The van der Waals surface area contributed by atoms with Crippen molar-refractivity contribution in [2.24, 2.45) is 5.41 Å². The summed E-state index contributed by atoms with van der Waals surface area (Å²) in [6.45, 7) is 15.6. The molecule has 0 aliphatic carbocycles. The number of fused-ring (bicyclic) bond motifs is 3. The van der Waals surface area contributed by atoms with Crippen LogP contribution in [0.5, 0.6) is 11.5 Å². The van der Waals surface area contributed by atoms with Gasteiger partial charge in [0.05, 0.1) is 0 Å². The van der Waals surface area contributed by atoms with E-state index in [0.717, 1.165) is 45.4 Å². The second-order valence-electron chi connectivity index (χ2n) is 15.8. The standard InChI is InChI=1S/C47H43N4O.Pt/c1-46(2,3)31-33-25-35(34-13-8-7-9-14-34)27-38(26-33)50-24-23-49(32-50)37-15-12-16-39(29-37)52-40-19-20-42-41-17-10-11-18-43(41)51(44(42)30-40)45-28-36(21-22-48-45)47(4,5)6;/h7-28,32H,31H2,1-6H3;/q-3;. The number of pyridine rings is 1. The van der Waals surface area contributed by atoms with Crippen molar-refractivity contribution in [2.75, 3.05) is 9.80 Å². The Kier molecular flexibility index (Phi) is 9.82. The number of aromatic nitrogens is 2. The zero-order valence-corrected chi connectivity index (χ0v) is 33.3. The summed E-state index contributed by atoms with van der Waals surface area (Å²) in [6.07, 6.45) is 7.03. The molecule has 1 aliphatic heterocycles. The molecule has 0 unspecified atom stereocenters. The number of para-hydroxylation sites is 1. The molecule has 0 fully saturated rings. The Hall–Kier alpha value is -5.12. The zero-order valence-electron chi connectivity index (χ0n) is 31.0. The van der Waals surface area contributed by atoms with Gasteiger partial charge in [0.1, 0.15) is 5.82 Å². The molecule has 2 aromatic heterocycles. The Morgan fingerprint density at radius 2 is 1.43 bits per heavy atom. The number of hydrogen-bond acceptors (Lipinski definition) is 4. The molecule has 0 atom stereocenters. The third-order valence-electron chi connectivity index (χ3n) is 9.40. The Bertz CT molecular complexity index is 2430. The molecule has 0 spiro atoms. The summed E-state index contributed by atoms with van der Waals surface area (Å²) in [5.74, 6) is 2.09. The van der Waals surface area contributed by atoms with Gasteiger partial charge < -0.3 is 19.1 Å². The maximum Gasteiger partial charge on any atom is 0.135 e. The van der Waals surface area contributed by atoms with E-state index in [4.69, 9.17) is 9.72 Å². The van der Waals surface area contributed by atoms with Crippen molar-refractivity contribution in [3.63, 3.8) is 0 Å². The second-order valence-corrected chi connectivity index (χ2v) is 15.8. The van der Waals surface area contributed by atoms with Gasteiger partial charge in [-0.2, -0.15) is 12.1 Å². The minimum Gasteiger partial charge on any atom is -0.509 e. The first-order chi connectivity index (χ1) is 25.0. The molecule has 0 saturated heterocycles. The van der Waals surface area contributed by atoms with Crippen LogP contribution in [0.1, 0.15) is 52.7 Å². The van der Waals surface area contributed by atoms with Crippen molar-refractivity contribution < 1.29 is 25.8 Å². The minimum absolute atomic E-state index is 0. The van der Waals surface area contributed by atoms with Crippen LogP contribution in [0.4, 0.5) is 11.4 Å². The molecule has 8 rings (SSSR count). The van der Waals surface area contributed by atoms with Gasteiger partial charge in [-0.15, -0.1) is 48.1 Å². The van der Waals surface area contributed by atoms with Gasteiger partial charge >= 0.3 is 0 Å². The maximum atomic E-state index is 6.47. The monoisotopic (exact) mass is 874 g/mol. The quantitative estimate of drug-likeness (QED) is 0.149. The fourth-order valence-corrected chi connectivity index (χ4v) is 6.93. The number of rotatable bonds is 7. The molecule has 0 saturated carbocycles. The van der Waals surface area contributed by atoms with Crippen LogP contribution in [-0.2, 0) is 32.9 Å². The summed E-state index contributed by atoms with van der Waals surface area (Å²) in [6, 6.07) is 47.3. The third-order valence-corrected chi connectivity index (χ3v) is 9.40. The van der Waals surface area contributed by atoms with Gasteiger partial charge in [-0.05, 0) is 87.6 Å². The summed E-state index contributed by atoms with van der Waals surface area (Å²) in [7, 11) is 0. The van der Waals surface area contributed by atoms with Gasteiger partial charge in [-0.1, -0.05) is 102 Å². The van der Waals surface area contributed by atoms with E-state index in [-0.39, 0.29) is 31.9 Å². The van der Waals surface area contributed by atoms with E-state index in [0.29, 0.717) is 11.5 Å². The van der Waals surface area contributed by atoms with Gasteiger partial charge in [0, 0.05) is 50.0 Å². The Morgan fingerprint density at radius 3 is 2.23 bits per heavy atom. The molecule has 0 amide bonds. The molecule has 1 aliphatic rings. The first kappa shape index (κ1) is 36.2. The fraction of sp³-hybridized carbons (Fsp3) is 0.191. The van der Waals surface area contributed by atoms with Crippen LogP contribution in [0.3, 0.4) is 0 Å². The topological polar surface area (TPSA) is 33.5 Å². The maximum absolute atomic E-state index is 6.47. The van der Waals surface area contributed by atoms with E-state index in [2.05, 4.69) is 178 Å². The summed E-state index contributed by atoms with van der Waals surface area (Å²) in [5, 5.41) is 2.25. The van der Waals surface area contributed by atoms with Crippen LogP contribution in [0.15, 0.2) is 134 Å². The molecule has 53 heavy (non-hydrogen) atoms. The number of nitrogens with zero attached hydrogens (tertiary/aromatic N) is 4. The summed E-state index contributed by atoms with van der Waals surface area (Å²) in [4.78, 5) is 9.05. The summed E-state index contributed by atoms with van der Waals surface area (Å²) < 4.78 is 8.65. The second kappa shape index (κ2) is 14.4. The van der Waals surface area contributed by atoms with Gasteiger partial charge in [0.15, 0.2) is 0 Å². The fourth-order valence-electron chi connectivity index (χ4n) is 6.93. The SMILES string of the molecule is CC(C)(C)Cc1cc(-c2ccccc2)cc(N2C=CN(c3[c-]c(Oc4[c-]c5c(cc4)c4ccccc4n5-c4cc(C(C)(C)C)ccn4)ccc3)[CH-]2)c1.[Pt]. The van der Waals surface area contributed by atoms with Crippen molar-refractivity contribution in [3.05, 3.63) is 164 Å². The number of hydrogen-bond donors (Lipinski definition) is 0. The van der Waals surface area contributed by atoms with Gasteiger partial charge in [-0.25, -0.2) is 4.98 Å². The number of anilines is 2. The first-order valence-corrected chi connectivity index (χ1v) is 17.9. The Morgan fingerprint density at radius 1 is 0.679 bits per heavy atom. The average Bonchev–Trinajstić information content (AvgIpc) is 3.75. The normalized spacial score (nSPS) is 13.2. The van der Waals surface area contributed by atoms with Gasteiger partial charge in [-0.3, -0.25) is 0 Å². The number of ether oxygens (including phenoxy) is 1. The van der Waals surface area contributed by atoms with Crippen LogP contribution >= 0.6 is 0 Å². The van der Waals surface area contributed by atoms with Gasteiger partial charge in [0.2, 0.25) is 0 Å². The zero-order chi connectivity index (χ0) is 36.0. The molecule has 7 aromatic rings. The van der Waals surface area contributed by atoms with Crippen molar-refractivity contribution in [3.8, 4) is 28.4 Å². The van der Waals surface area contributed by atoms with Crippen molar-refractivity contribution in [2.45, 2.75) is 53.4 Å². The minimum atomic E-state index is -0.00429. The molecular weight excluding hydrogens is 832 g/mol. The molecule has 5 nitrogen and oxygen atoms in total. The summed E-state index contributed by atoms with van der Waals surface area (Å²) in [5.41, 5.74) is 9.13. The Labute approximate surface area is 327 Å². The smallest absolute Gasteiger partial charge is 0.135 e. The predicted molar refractivity (Wildman–Crippen MR) is 215 cm³/mol. The van der Waals surface area contributed by atoms with E-state index in [1.807, 2.05) is 30.5 Å². The van der Waals surface area contributed by atoms with E-state index >= 15 is 0 Å². The molecule has 6 heteroatoms. The van der Waals surface area contributed by atoms with Crippen LogP contribution in [0.2, 0.25) is 0 Å². The van der Waals surface area contributed by atoms with Crippen LogP contribution in [0, 0.1) is 24.2 Å². The van der Waals surface area contributed by atoms with Crippen LogP contribution in [0.25, 0.3) is 38.8 Å². The van der Waals surface area contributed by atoms with E-state index in [1.165, 1.54) is 22.3 Å². The summed E-state index contributed by atoms with van der Waals surface area (Å²) >= 11 is 0. The van der Waals surface area contributed by atoms with Crippen molar-refractivity contribution in [1.29, 1.82) is 0 Å². The molecule has 3 heterocycles. The van der Waals surface area contributed by atoms with E-state index < -0.39 is 0 Å². The molecule has 0 radical (unpaired) electrons. The van der Waals surface area contributed by atoms with E-state index in [1.54, 1.807) is 0 Å². The number of benzene rings is 5. The van der Waals surface area contributed by atoms with Crippen LogP contribution < -0.4 is 14.5 Å². The Balaban J connectivity index is 0.00000435. The van der Waals surface area contributed by atoms with Crippen molar-refractivity contribution >= 4 is 33.2 Å². The molecule has 0 bridgehead atoms. The average molecular weight is 875 g/mol. The largest absolute Gasteiger partial charge is 0.509 e. The first-order valence-electron chi connectivity index (χ1n) is 17.9. The van der Waals surface area contributed by atoms with Crippen molar-refractivity contribution in [1.82, 2.24) is 9.55 Å². The van der Waals surface area contributed by atoms with E-state index in [9.17, 15) is 0 Å². The third kappa shape index (κ3) is 7.68. The van der Waals surface area contributed by atoms with Crippen LogP contribution in [-0.4, -0.2) is 9.55 Å². The molecular formula is C47H43N4OPt-3. The molecule has 5 aromatic carbocycles.